The van der Waals surface area contributed by atoms with Crippen molar-refractivity contribution in [2.75, 3.05) is 0 Å². The monoisotopic (exact) mass is 276 g/mol. The zero-order valence-corrected chi connectivity index (χ0v) is 12.7. The van der Waals surface area contributed by atoms with E-state index in [2.05, 4.69) is 31.0 Å². The Bertz CT molecular complexity index is 570. The highest BCUT2D eigenvalue weighted by Gasteiger charge is 2.17. The molecule has 0 saturated heterocycles. The number of benzene rings is 1. The molecule has 2 rings (SSSR count). The van der Waals surface area contributed by atoms with E-state index in [-0.39, 0.29) is 5.54 Å². The molecule has 3 nitrogen and oxygen atoms in total. The molecule has 0 amide bonds. The van der Waals surface area contributed by atoms with Gasteiger partial charge in [-0.15, -0.1) is 11.3 Å². The summed E-state index contributed by atoms with van der Waals surface area (Å²) in [5.41, 5.74) is 8.22. The van der Waals surface area contributed by atoms with Gasteiger partial charge in [-0.25, -0.2) is 4.98 Å². The Labute approximate surface area is 118 Å². The summed E-state index contributed by atoms with van der Waals surface area (Å²) >= 11 is 1.61. The Morgan fingerprint density at radius 1 is 1.26 bits per heavy atom. The Morgan fingerprint density at radius 2 is 2.00 bits per heavy atom. The first-order chi connectivity index (χ1) is 8.86. The van der Waals surface area contributed by atoms with Crippen LogP contribution < -0.4 is 10.5 Å². The number of nitrogens with zero attached hydrogens (tertiary/aromatic N) is 1. The highest BCUT2D eigenvalue weighted by atomic mass is 32.1. The van der Waals surface area contributed by atoms with Crippen LogP contribution in [0.2, 0.25) is 0 Å². The molecule has 1 aromatic heterocycles. The van der Waals surface area contributed by atoms with Crippen LogP contribution in [0.15, 0.2) is 24.4 Å². The van der Waals surface area contributed by atoms with Crippen molar-refractivity contribution in [2.24, 2.45) is 5.73 Å². The molecule has 0 aliphatic carbocycles. The molecule has 102 valence electrons. The first-order valence-electron chi connectivity index (χ1n) is 6.30. The second-order valence-corrected chi connectivity index (χ2v) is 6.49. The fraction of sp³-hybridized carbons (Fsp3) is 0.400. The lowest BCUT2D eigenvalue weighted by molar-refractivity contribution is 0.305. The van der Waals surface area contributed by atoms with Gasteiger partial charge >= 0.3 is 0 Å². The average molecular weight is 276 g/mol. The normalized spacial score (nSPS) is 11.6. The summed E-state index contributed by atoms with van der Waals surface area (Å²) in [5, 5.41) is 0.951. The van der Waals surface area contributed by atoms with E-state index in [1.807, 2.05) is 26.1 Å². The average Bonchev–Trinajstić information content (AvgIpc) is 2.79. The molecule has 0 spiro atoms. The topological polar surface area (TPSA) is 48.1 Å². The smallest absolute Gasteiger partial charge is 0.140 e. The van der Waals surface area contributed by atoms with Gasteiger partial charge in [0.05, 0.1) is 0 Å². The summed E-state index contributed by atoms with van der Waals surface area (Å²) in [5.74, 6) is 0.881. The number of hydrogen-bond donors (Lipinski definition) is 1. The molecule has 0 aliphatic heterocycles. The fourth-order valence-corrected chi connectivity index (χ4v) is 2.47. The van der Waals surface area contributed by atoms with Crippen molar-refractivity contribution in [3.63, 3.8) is 0 Å². The van der Waals surface area contributed by atoms with Gasteiger partial charge in [0.2, 0.25) is 0 Å². The third-order valence-corrected chi connectivity index (χ3v) is 4.34. The Hall–Kier alpha value is -1.39. The van der Waals surface area contributed by atoms with Crippen molar-refractivity contribution >= 4 is 11.3 Å². The maximum atomic E-state index is 6.04. The standard InChI is InChI=1S/C15H20N2OS/c1-10-5-6-12(7-11(10)2)18-9-14-17-8-13(19-14)15(3,4)16/h5-8H,9,16H2,1-4H3. The van der Waals surface area contributed by atoms with E-state index >= 15 is 0 Å². The second-order valence-electron chi connectivity index (χ2n) is 5.37. The zero-order valence-electron chi connectivity index (χ0n) is 11.9. The van der Waals surface area contributed by atoms with E-state index in [0.29, 0.717) is 6.61 Å². The Balaban J connectivity index is 2.02. The van der Waals surface area contributed by atoms with Crippen molar-refractivity contribution in [2.45, 2.75) is 39.8 Å². The molecule has 19 heavy (non-hydrogen) atoms. The van der Waals surface area contributed by atoms with Gasteiger partial charge < -0.3 is 10.5 Å². The molecule has 0 fully saturated rings. The lowest BCUT2D eigenvalue weighted by atomic mass is 10.1. The van der Waals surface area contributed by atoms with Crippen LogP contribution >= 0.6 is 11.3 Å². The van der Waals surface area contributed by atoms with Crippen molar-refractivity contribution in [1.29, 1.82) is 0 Å². The van der Waals surface area contributed by atoms with Crippen LogP contribution in [0, 0.1) is 13.8 Å². The number of rotatable bonds is 4. The minimum atomic E-state index is -0.337. The number of aromatic nitrogens is 1. The van der Waals surface area contributed by atoms with E-state index in [4.69, 9.17) is 10.5 Å². The summed E-state index contributed by atoms with van der Waals surface area (Å²) in [6.07, 6.45) is 1.84. The molecule has 0 saturated carbocycles. The number of nitrogens with two attached hydrogens (primary N) is 1. The van der Waals surface area contributed by atoms with Crippen LogP contribution in [0.1, 0.15) is 34.9 Å². The van der Waals surface area contributed by atoms with E-state index in [1.165, 1.54) is 11.1 Å². The fourth-order valence-electron chi connectivity index (χ4n) is 1.62. The zero-order chi connectivity index (χ0) is 14.0. The summed E-state index contributed by atoms with van der Waals surface area (Å²) < 4.78 is 5.76. The summed E-state index contributed by atoms with van der Waals surface area (Å²) in [7, 11) is 0. The molecular weight excluding hydrogens is 256 g/mol. The predicted octanol–water partition coefficient (Wildman–Crippen LogP) is 3.53. The molecule has 0 atom stereocenters. The minimum Gasteiger partial charge on any atom is -0.486 e. The van der Waals surface area contributed by atoms with Crippen molar-refractivity contribution in [3.8, 4) is 5.75 Å². The van der Waals surface area contributed by atoms with Gasteiger partial charge in [-0.2, -0.15) is 0 Å². The molecule has 0 aliphatic rings. The maximum absolute atomic E-state index is 6.04. The molecule has 0 unspecified atom stereocenters. The Morgan fingerprint density at radius 3 is 2.58 bits per heavy atom. The molecular formula is C15H20N2OS. The van der Waals surface area contributed by atoms with E-state index < -0.39 is 0 Å². The van der Waals surface area contributed by atoms with Crippen molar-refractivity contribution < 1.29 is 4.74 Å². The third kappa shape index (κ3) is 3.55. The highest BCUT2D eigenvalue weighted by molar-refractivity contribution is 7.11. The summed E-state index contributed by atoms with van der Waals surface area (Å²) in [6, 6.07) is 6.11. The number of thiazole rings is 1. The number of hydrogen-bond acceptors (Lipinski definition) is 4. The molecule has 1 aromatic carbocycles. The first-order valence-corrected chi connectivity index (χ1v) is 7.12. The SMILES string of the molecule is Cc1ccc(OCc2ncc(C(C)(C)N)s2)cc1C. The molecule has 1 heterocycles. The van der Waals surface area contributed by atoms with Crippen LogP contribution in [-0.4, -0.2) is 4.98 Å². The van der Waals surface area contributed by atoms with Gasteiger partial charge in [-0.05, 0) is 51.0 Å². The van der Waals surface area contributed by atoms with Crippen LogP contribution in [0.3, 0.4) is 0 Å². The number of aryl methyl sites for hydroxylation is 2. The maximum Gasteiger partial charge on any atom is 0.140 e. The molecule has 0 bridgehead atoms. The van der Waals surface area contributed by atoms with Crippen LogP contribution in [0.5, 0.6) is 5.75 Å². The van der Waals surface area contributed by atoms with Gasteiger partial charge in [0.15, 0.2) is 0 Å². The first kappa shape index (κ1) is 14.0. The van der Waals surface area contributed by atoms with Gasteiger partial charge in [0.25, 0.3) is 0 Å². The predicted molar refractivity (Wildman–Crippen MR) is 79.6 cm³/mol. The Kier molecular flexibility index (Phi) is 3.92. The van der Waals surface area contributed by atoms with Crippen LogP contribution in [0.25, 0.3) is 0 Å². The lowest BCUT2D eigenvalue weighted by Gasteiger charge is -2.14. The quantitative estimate of drug-likeness (QED) is 0.929. The largest absolute Gasteiger partial charge is 0.486 e. The van der Waals surface area contributed by atoms with Crippen molar-refractivity contribution in [3.05, 3.63) is 45.4 Å². The summed E-state index contributed by atoms with van der Waals surface area (Å²) in [6.45, 7) is 8.63. The summed E-state index contributed by atoms with van der Waals surface area (Å²) in [4.78, 5) is 5.43. The molecule has 2 N–H and O–H groups in total. The van der Waals surface area contributed by atoms with Gasteiger partial charge in [0, 0.05) is 16.6 Å². The lowest BCUT2D eigenvalue weighted by Crippen LogP contribution is -2.27. The van der Waals surface area contributed by atoms with Crippen LogP contribution in [-0.2, 0) is 12.1 Å². The van der Waals surface area contributed by atoms with E-state index in [1.54, 1.807) is 11.3 Å². The van der Waals surface area contributed by atoms with Gasteiger partial charge in [-0.3, -0.25) is 0 Å². The number of ether oxygens (including phenoxy) is 1. The second kappa shape index (κ2) is 5.31. The molecule has 4 heteroatoms. The van der Waals surface area contributed by atoms with Gasteiger partial charge in [-0.1, -0.05) is 6.07 Å². The molecule has 2 aromatic rings. The van der Waals surface area contributed by atoms with Gasteiger partial charge in [0.1, 0.15) is 17.4 Å². The minimum absolute atomic E-state index is 0.337. The highest BCUT2D eigenvalue weighted by Crippen LogP contribution is 2.25. The van der Waals surface area contributed by atoms with E-state index in [0.717, 1.165) is 15.6 Å². The third-order valence-electron chi connectivity index (χ3n) is 3.03. The van der Waals surface area contributed by atoms with E-state index in [9.17, 15) is 0 Å². The van der Waals surface area contributed by atoms with Crippen LogP contribution in [0.4, 0.5) is 0 Å². The molecule has 0 radical (unpaired) electrons. The van der Waals surface area contributed by atoms with Crippen molar-refractivity contribution in [1.82, 2.24) is 4.98 Å².